The van der Waals surface area contributed by atoms with Crippen LogP contribution in [-0.4, -0.2) is 44.2 Å². The van der Waals surface area contributed by atoms with Crippen molar-refractivity contribution in [2.24, 2.45) is 0 Å². The van der Waals surface area contributed by atoms with Crippen LogP contribution in [0.15, 0.2) is 29.2 Å². The molecular weight excluding hydrogens is 308 g/mol. The molecule has 0 bridgehead atoms. The molecule has 0 radical (unpaired) electrons. The number of carbonyl (C=O) groups excluding carboxylic acids is 1. The molecule has 0 saturated carbocycles. The zero-order valence-electron chi connectivity index (χ0n) is 12.0. The minimum Gasteiger partial charge on any atom is -0.325 e. The Morgan fingerprint density at radius 1 is 1.43 bits per heavy atom. The molecule has 0 spiro atoms. The molecule has 1 amide bonds. The second kappa shape index (κ2) is 7.29. The molecule has 0 aliphatic carbocycles. The van der Waals surface area contributed by atoms with Gasteiger partial charge in [0, 0.05) is 30.5 Å². The lowest BCUT2D eigenvalue weighted by atomic mass is 10.2. The summed E-state index contributed by atoms with van der Waals surface area (Å²) in [7, 11) is -3.34. The number of carbonyl (C=O) groups is 1. The average Bonchev–Trinajstić information content (AvgIpc) is 2.48. The fourth-order valence-corrected chi connectivity index (χ4v) is 4.17. The highest BCUT2D eigenvalue weighted by Gasteiger charge is 2.20. The van der Waals surface area contributed by atoms with E-state index in [0.717, 1.165) is 18.1 Å². The first-order valence-corrected chi connectivity index (χ1v) is 9.76. The van der Waals surface area contributed by atoms with Crippen LogP contribution in [0.3, 0.4) is 0 Å². The van der Waals surface area contributed by atoms with Gasteiger partial charge in [0.25, 0.3) is 0 Å². The molecule has 0 aromatic heterocycles. The molecule has 5 nitrogen and oxygen atoms in total. The number of sulfone groups is 1. The van der Waals surface area contributed by atoms with Crippen molar-refractivity contribution in [3.05, 3.63) is 24.3 Å². The van der Waals surface area contributed by atoms with Crippen molar-refractivity contribution in [3.8, 4) is 0 Å². The van der Waals surface area contributed by atoms with E-state index >= 15 is 0 Å². The lowest BCUT2D eigenvalue weighted by molar-refractivity contribution is -0.116. The number of para-hydroxylation sites is 1. The van der Waals surface area contributed by atoms with Gasteiger partial charge in [-0.15, -0.1) is 0 Å². The normalized spacial score (nSPS) is 19.2. The standard InChI is InChI=1S/C14H20N2O3S2/c1-2-21(18,19)13-6-4-3-5-12(13)16-14(17)9-11-10-20-8-7-15-11/h3-6,11,15H,2,7-10H2,1H3,(H,16,17). The van der Waals surface area contributed by atoms with Crippen LogP contribution in [0.25, 0.3) is 0 Å². The number of hydrogen-bond donors (Lipinski definition) is 2. The minimum absolute atomic E-state index is 0.0146. The summed E-state index contributed by atoms with van der Waals surface area (Å²) in [4.78, 5) is 12.3. The summed E-state index contributed by atoms with van der Waals surface area (Å²) < 4.78 is 24.1. The van der Waals surface area contributed by atoms with Crippen molar-refractivity contribution >= 4 is 33.2 Å². The predicted octanol–water partition coefficient (Wildman–Crippen LogP) is 1.51. The average molecular weight is 328 g/mol. The highest BCUT2D eigenvalue weighted by atomic mass is 32.2. The van der Waals surface area contributed by atoms with Crippen LogP contribution in [0, 0.1) is 0 Å². The number of nitrogens with one attached hydrogen (secondary N) is 2. The number of hydrogen-bond acceptors (Lipinski definition) is 5. The molecule has 7 heteroatoms. The molecule has 1 aromatic carbocycles. The van der Waals surface area contributed by atoms with Gasteiger partial charge in [-0.3, -0.25) is 4.79 Å². The number of benzene rings is 1. The maximum atomic E-state index is 12.1. The summed E-state index contributed by atoms with van der Waals surface area (Å²) in [5.74, 6) is 1.83. The van der Waals surface area contributed by atoms with Gasteiger partial charge in [-0.05, 0) is 12.1 Å². The van der Waals surface area contributed by atoms with Crippen LogP contribution in [0.5, 0.6) is 0 Å². The highest BCUT2D eigenvalue weighted by Crippen LogP contribution is 2.22. The minimum atomic E-state index is -3.34. The fourth-order valence-electron chi connectivity index (χ4n) is 2.17. The van der Waals surface area contributed by atoms with Gasteiger partial charge in [-0.1, -0.05) is 19.1 Å². The van der Waals surface area contributed by atoms with E-state index in [-0.39, 0.29) is 22.6 Å². The first kappa shape index (κ1) is 16.3. The van der Waals surface area contributed by atoms with E-state index in [4.69, 9.17) is 0 Å². The molecule has 2 rings (SSSR count). The Balaban J connectivity index is 2.07. The number of thioether (sulfide) groups is 1. The van der Waals surface area contributed by atoms with Gasteiger partial charge in [-0.25, -0.2) is 8.42 Å². The summed E-state index contributed by atoms with van der Waals surface area (Å²) in [5.41, 5.74) is 0.368. The van der Waals surface area contributed by atoms with Crippen LogP contribution in [0.2, 0.25) is 0 Å². The Morgan fingerprint density at radius 3 is 2.86 bits per heavy atom. The van der Waals surface area contributed by atoms with Gasteiger partial charge >= 0.3 is 0 Å². The molecule has 1 unspecified atom stereocenters. The van der Waals surface area contributed by atoms with E-state index in [1.165, 1.54) is 6.07 Å². The maximum absolute atomic E-state index is 12.1. The van der Waals surface area contributed by atoms with Crippen molar-refractivity contribution in [1.82, 2.24) is 5.32 Å². The zero-order chi connectivity index (χ0) is 15.3. The number of amides is 1. The van der Waals surface area contributed by atoms with Gasteiger partial charge in [0.15, 0.2) is 9.84 Å². The van der Waals surface area contributed by atoms with Gasteiger partial charge in [0.2, 0.25) is 5.91 Å². The van der Waals surface area contributed by atoms with Crippen LogP contribution in [0.4, 0.5) is 5.69 Å². The second-order valence-electron chi connectivity index (χ2n) is 4.88. The van der Waals surface area contributed by atoms with Gasteiger partial charge in [0.1, 0.15) is 0 Å². The van der Waals surface area contributed by atoms with E-state index in [1.54, 1.807) is 25.1 Å². The molecule has 1 saturated heterocycles. The van der Waals surface area contributed by atoms with Crippen molar-refractivity contribution in [2.45, 2.75) is 24.3 Å². The van der Waals surface area contributed by atoms with Crippen molar-refractivity contribution < 1.29 is 13.2 Å². The monoisotopic (exact) mass is 328 g/mol. The fraction of sp³-hybridized carbons (Fsp3) is 0.500. The SMILES string of the molecule is CCS(=O)(=O)c1ccccc1NC(=O)CC1CSCCN1. The Morgan fingerprint density at radius 2 is 2.19 bits per heavy atom. The first-order valence-electron chi connectivity index (χ1n) is 6.95. The Hall–Kier alpha value is -1.05. The third-order valence-corrected chi connectivity index (χ3v) is 6.22. The third-order valence-electron chi connectivity index (χ3n) is 3.31. The summed E-state index contributed by atoms with van der Waals surface area (Å²) in [6, 6.07) is 6.70. The second-order valence-corrected chi connectivity index (χ2v) is 8.27. The summed E-state index contributed by atoms with van der Waals surface area (Å²) in [6.45, 7) is 2.50. The van der Waals surface area contributed by atoms with Gasteiger partial charge in [-0.2, -0.15) is 11.8 Å². The van der Waals surface area contributed by atoms with Crippen LogP contribution in [-0.2, 0) is 14.6 Å². The van der Waals surface area contributed by atoms with Gasteiger partial charge in [0.05, 0.1) is 16.3 Å². The topological polar surface area (TPSA) is 75.3 Å². The van der Waals surface area contributed by atoms with E-state index < -0.39 is 9.84 Å². The summed E-state index contributed by atoms with van der Waals surface area (Å²) in [6.07, 6.45) is 0.355. The van der Waals surface area contributed by atoms with Crippen LogP contribution < -0.4 is 10.6 Å². The Labute approximate surface area is 129 Å². The van der Waals surface area contributed by atoms with Crippen LogP contribution in [0.1, 0.15) is 13.3 Å². The largest absolute Gasteiger partial charge is 0.325 e. The maximum Gasteiger partial charge on any atom is 0.226 e. The highest BCUT2D eigenvalue weighted by molar-refractivity contribution is 7.99. The molecule has 1 aliphatic rings. The predicted molar refractivity (Wildman–Crippen MR) is 86.5 cm³/mol. The Bertz CT molecular complexity index is 596. The molecule has 116 valence electrons. The molecule has 1 fully saturated rings. The zero-order valence-corrected chi connectivity index (χ0v) is 13.6. The molecule has 21 heavy (non-hydrogen) atoms. The van der Waals surface area contributed by atoms with E-state index in [0.29, 0.717) is 12.1 Å². The molecular formula is C14H20N2O3S2. The van der Waals surface area contributed by atoms with E-state index in [9.17, 15) is 13.2 Å². The number of rotatable bonds is 5. The van der Waals surface area contributed by atoms with E-state index in [1.807, 2.05) is 11.8 Å². The Kier molecular flexibility index (Phi) is 5.66. The molecule has 1 aliphatic heterocycles. The lowest BCUT2D eigenvalue weighted by Crippen LogP contribution is -2.40. The quantitative estimate of drug-likeness (QED) is 0.857. The van der Waals surface area contributed by atoms with Gasteiger partial charge < -0.3 is 10.6 Å². The molecule has 2 N–H and O–H groups in total. The lowest BCUT2D eigenvalue weighted by Gasteiger charge is -2.22. The summed E-state index contributed by atoms with van der Waals surface area (Å²) in [5, 5.41) is 6.02. The third kappa shape index (κ3) is 4.46. The first-order chi connectivity index (χ1) is 10.0. The molecule has 1 atom stereocenters. The molecule has 1 heterocycles. The van der Waals surface area contributed by atoms with Crippen molar-refractivity contribution in [3.63, 3.8) is 0 Å². The smallest absolute Gasteiger partial charge is 0.226 e. The van der Waals surface area contributed by atoms with Crippen LogP contribution >= 0.6 is 11.8 Å². The van der Waals surface area contributed by atoms with Crippen molar-refractivity contribution in [1.29, 1.82) is 0 Å². The number of anilines is 1. The summed E-state index contributed by atoms with van der Waals surface area (Å²) >= 11 is 1.82. The van der Waals surface area contributed by atoms with Crippen molar-refractivity contribution in [2.75, 3.05) is 29.1 Å². The molecule has 1 aromatic rings. The van der Waals surface area contributed by atoms with E-state index in [2.05, 4.69) is 10.6 Å².